The zero-order chi connectivity index (χ0) is 14.3. The number of ether oxygens (including phenoxy) is 1. The SMILES string of the molecule is COCc1nc(Cl)cc(NCC2C(C)(C)C2(C)C)n1. The fourth-order valence-corrected chi connectivity index (χ4v) is 3.00. The van der Waals surface area contributed by atoms with Crippen molar-refractivity contribution >= 4 is 17.4 Å². The van der Waals surface area contributed by atoms with Crippen LogP contribution in [0.3, 0.4) is 0 Å². The molecule has 1 N–H and O–H groups in total. The van der Waals surface area contributed by atoms with E-state index < -0.39 is 0 Å². The highest BCUT2D eigenvalue weighted by atomic mass is 35.5. The summed E-state index contributed by atoms with van der Waals surface area (Å²) in [6.45, 7) is 10.5. The average molecular weight is 284 g/mol. The molecule has 106 valence electrons. The lowest BCUT2D eigenvalue weighted by Gasteiger charge is -2.08. The molecule has 4 nitrogen and oxygen atoms in total. The zero-order valence-corrected chi connectivity index (χ0v) is 13.0. The fourth-order valence-electron chi connectivity index (χ4n) is 2.80. The molecule has 1 aliphatic carbocycles. The number of anilines is 1. The molecule has 5 heteroatoms. The second-order valence-electron chi connectivity index (χ2n) is 6.30. The van der Waals surface area contributed by atoms with E-state index in [1.54, 1.807) is 13.2 Å². The predicted octanol–water partition coefficient (Wildman–Crippen LogP) is 3.37. The summed E-state index contributed by atoms with van der Waals surface area (Å²) < 4.78 is 5.03. The molecule has 0 saturated heterocycles. The van der Waals surface area contributed by atoms with Crippen molar-refractivity contribution in [2.45, 2.75) is 34.3 Å². The van der Waals surface area contributed by atoms with Gasteiger partial charge >= 0.3 is 0 Å². The van der Waals surface area contributed by atoms with Crippen molar-refractivity contribution in [2.24, 2.45) is 16.7 Å². The van der Waals surface area contributed by atoms with Gasteiger partial charge in [0.05, 0.1) is 0 Å². The normalized spacial score (nSPS) is 20.3. The molecule has 1 aromatic heterocycles. The number of aromatic nitrogens is 2. The molecule has 1 aromatic rings. The van der Waals surface area contributed by atoms with Crippen LogP contribution in [0.2, 0.25) is 5.15 Å². The standard InChI is InChI=1S/C14H22ClN3O/c1-13(2)9(14(13,3)4)7-16-11-6-10(15)17-12(18-11)8-19-5/h6,9H,7-8H2,1-5H3,(H,16,17,18). The predicted molar refractivity (Wildman–Crippen MR) is 77.3 cm³/mol. The molecule has 2 rings (SSSR count). The molecule has 0 aliphatic heterocycles. The monoisotopic (exact) mass is 283 g/mol. The highest BCUT2D eigenvalue weighted by molar-refractivity contribution is 6.29. The van der Waals surface area contributed by atoms with Gasteiger partial charge < -0.3 is 10.1 Å². The van der Waals surface area contributed by atoms with Gasteiger partial charge in [-0.2, -0.15) is 0 Å². The van der Waals surface area contributed by atoms with E-state index in [0.717, 1.165) is 12.4 Å². The van der Waals surface area contributed by atoms with E-state index in [4.69, 9.17) is 16.3 Å². The number of rotatable bonds is 5. The van der Waals surface area contributed by atoms with Crippen LogP contribution in [-0.2, 0) is 11.3 Å². The van der Waals surface area contributed by atoms with E-state index in [-0.39, 0.29) is 0 Å². The summed E-state index contributed by atoms with van der Waals surface area (Å²) in [5.41, 5.74) is 0.734. The minimum Gasteiger partial charge on any atom is -0.377 e. The lowest BCUT2D eigenvalue weighted by molar-refractivity contribution is 0.178. The molecule has 1 saturated carbocycles. The van der Waals surface area contributed by atoms with Crippen molar-refractivity contribution in [3.8, 4) is 0 Å². The molecule has 0 unspecified atom stereocenters. The third-order valence-corrected chi connectivity index (χ3v) is 5.02. The Morgan fingerprint density at radius 3 is 2.42 bits per heavy atom. The first-order valence-corrected chi connectivity index (χ1v) is 6.93. The number of methoxy groups -OCH3 is 1. The van der Waals surface area contributed by atoms with Crippen LogP contribution in [-0.4, -0.2) is 23.6 Å². The van der Waals surface area contributed by atoms with Gasteiger partial charge in [0.15, 0.2) is 5.82 Å². The first kappa shape index (κ1) is 14.5. The minimum absolute atomic E-state index is 0.367. The quantitative estimate of drug-likeness (QED) is 0.842. The molecule has 0 bridgehead atoms. The minimum atomic E-state index is 0.367. The summed E-state index contributed by atoms with van der Waals surface area (Å²) in [5, 5.41) is 3.81. The van der Waals surface area contributed by atoms with Gasteiger partial charge in [-0.3, -0.25) is 0 Å². The van der Waals surface area contributed by atoms with Crippen LogP contribution in [0, 0.1) is 16.7 Å². The molecular weight excluding hydrogens is 262 g/mol. The van der Waals surface area contributed by atoms with Gasteiger partial charge in [-0.1, -0.05) is 39.3 Å². The summed E-state index contributed by atoms with van der Waals surface area (Å²) in [6, 6.07) is 1.75. The maximum Gasteiger partial charge on any atom is 0.158 e. The number of hydrogen-bond acceptors (Lipinski definition) is 4. The molecule has 0 atom stereocenters. The van der Waals surface area contributed by atoms with Crippen molar-refractivity contribution in [3.05, 3.63) is 17.0 Å². The number of hydrogen-bond donors (Lipinski definition) is 1. The van der Waals surface area contributed by atoms with Crippen LogP contribution in [0.25, 0.3) is 0 Å². The zero-order valence-electron chi connectivity index (χ0n) is 12.2. The molecular formula is C14H22ClN3O. The van der Waals surface area contributed by atoms with Crippen molar-refractivity contribution in [1.82, 2.24) is 9.97 Å². The molecule has 0 amide bonds. The van der Waals surface area contributed by atoms with Crippen LogP contribution in [0.5, 0.6) is 0 Å². The van der Waals surface area contributed by atoms with Crippen LogP contribution in [0.4, 0.5) is 5.82 Å². The largest absolute Gasteiger partial charge is 0.377 e. The third-order valence-electron chi connectivity index (χ3n) is 4.82. The Balaban J connectivity index is 2.01. The van der Waals surface area contributed by atoms with Crippen molar-refractivity contribution in [3.63, 3.8) is 0 Å². The number of halogens is 1. The van der Waals surface area contributed by atoms with Gasteiger partial charge in [0.1, 0.15) is 17.6 Å². The summed E-state index contributed by atoms with van der Waals surface area (Å²) >= 11 is 5.98. The molecule has 1 aliphatic rings. The molecule has 19 heavy (non-hydrogen) atoms. The van der Waals surface area contributed by atoms with Crippen molar-refractivity contribution in [1.29, 1.82) is 0 Å². The van der Waals surface area contributed by atoms with Gasteiger partial charge in [0.2, 0.25) is 0 Å². The van der Waals surface area contributed by atoms with Crippen LogP contribution < -0.4 is 5.32 Å². The van der Waals surface area contributed by atoms with Crippen LogP contribution >= 0.6 is 11.6 Å². The highest BCUT2D eigenvalue weighted by Gasteiger charge is 2.64. The Bertz CT molecular complexity index is 460. The Hall–Kier alpha value is -0.870. The summed E-state index contributed by atoms with van der Waals surface area (Å²) in [6.07, 6.45) is 0. The van der Waals surface area contributed by atoms with E-state index >= 15 is 0 Å². The Kier molecular flexibility index (Phi) is 3.76. The second kappa shape index (κ2) is 4.91. The van der Waals surface area contributed by atoms with E-state index in [9.17, 15) is 0 Å². The van der Waals surface area contributed by atoms with Crippen molar-refractivity contribution in [2.75, 3.05) is 19.0 Å². The van der Waals surface area contributed by atoms with Gasteiger partial charge in [-0.25, -0.2) is 9.97 Å². The molecule has 0 radical (unpaired) electrons. The van der Waals surface area contributed by atoms with Gasteiger partial charge in [0.25, 0.3) is 0 Å². The van der Waals surface area contributed by atoms with Gasteiger partial charge in [-0.15, -0.1) is 0 Å². The molecule has 1 fully saturated rings. The summed E-state index contributed by atoms with van der Waals surface area (Å²) in [4.78, 5) is 8.50. The average Bonchev–Trinajstić information content (AvgIpc) is 2.66. The smallest absolute Gasteiger partial charge is 0.158 e. The first-order valence-electron chi connectivity index (χ1n) is 6.55. The number of nitrogens with one attached hydrogen (secondary N) is 1. The van der Waals surface area contributed by atoms with Crippen molar-refractivity contribution < 1.29 is 4.74 Å². The molecule has 0 spiro atoms. The summed E-state index contributed by atoms with van der Waals surface area (Å²) in [7, 11) is 1.62. The van der Waals surface area contributed by atoms with Gasteiger partial charge in [0, 0.05) is 19.7 Å². The number of nitrogens with zero attached hydrogens (tertiary/aromatic N) is 2. The van der Waals surface area contributed by atoms with E-state index in [1.165, 1.54) is 0 Å². The fraction of sp³-hybridized carbons (Fsp3) is 0.714. The second-order valence-corrected chi connectivity index (χ2v) is 6.69. The Morgan fingerprint density at radius 1 is 1.26 bits per heavy atom. The van der Waals surface area contributed by atoms with E-state index in [0.29, 0.717) is 34.3 Å². The lowest BCUT2D eigenvalue weighted by atomic mass is 10.0. The van der Waals surface area contributed by atoms with Crippen LogP contribution in [0.1, 0.15) is 33.5 Å². The molecule has 0 aromatic carbocycles. The maximum absolute atomic E-state index is 5.98. The topological polar surface area (TPSA) is 47.0 Å². The lowest BCUT2D eigenvalue weighted by Crippen LogP contribution is -2.11. The summed E-state index contributed by atoms with van der Waals surface area (Å²) in [5.74, 6) is 2.01. The molecule has 1 heterocycles. The third kappa shape index (κ3) is 2.70. The van der Waals surface area contributed by atoms with Crippen LogP contribution in [0.15, 0.2) is 6.07 Å². The first-order chi connectivity index (χ1) is 8.79. The maximum atomic E-state index is 5.98. The highest BCUT2D eigenvalue weighted by Crippen LogP contribution is 2.68. The Labute approximate surface area is 119 Å². The van der Waals surface area contributed by atoms with Gasteiger partial charge in [-0.05, 0) is 16.7 Å². The Morgan fingerprint density at radius 2 is 1.89 bits per heavy atom. The van der Waals surface area contributed by atoms with E-state index in [1.807, 2.05) is 0 Å². The van der Waals surface area contributed by atoms with E-state index in [2.05, 4.69) is 43.0 Å².